The van der Waals surface area contributed by atoms with Crippen molar-refractivity contribution < 1.29 is 0 Å². The van der Waals surface area contributed by atoms with Crippen molar-refractivity contribution >= 4 is 30.5 Å². The van der Waals surface area contributed by atoms with Crippen molar-refractivity contribution in [2.75, 3.05) is 0 Å². The average molecular weight is 161 g/mol. The van der Waals surface area contributed by atoms with Gasteiger partial charge in [-0.1, -0.05) is 0 Å². The Labute approximate surface area is 58.9 Å². The third kappa shape index (κ3) is 0.731. The van der Waals surface area contributed by atoms with Gasteiger partial charge in [0.25, 0.3) is 0 Å². The van der Waals surface area contributed by atoms with Crippen LogP contribution in [-0.2, 0) is 8.96 Å². The Hall–Kier alpha value is 0.530. The first kappa shape index (κ1) is 5.33. The molecule has 0 atom stereocenters. The average Bonchev–Trinajstić information content (AvgIpc) is 2.15. The topological polar surface area (TPSA) is 0 Å². The monoisotopic (exact) mass is 161 g/mol. The minimum atomic E-state index is 0.543. The molecule has 0 bridgehead atoms. The fourth-order valence-electron chi connectivity index (χ4n) is 0.672. The van der Waals surface area contributed by atoms with E-state index in [1.807, 2.05) is 21.6 Å². The molecule has 0 N–H and O–H groups in total. The molecule has 0 aromatic heterocycles. The summed E-state index contributed by atoms with van der Waals surface area (Å²) < 4.78 is 0. The molecule has 0 spiro atoms. The van der Waals surface area contributed by atoms with Crippen molar-refractivity contribution in [2.24, 2.45) is 0 Å². The molecule has 3 heteroatoms. The van der Waals surface area contributed by atoms with Crippen molar-refractivity contribution in [3.05, 3.63) is 23.0 Å². The first-order valence-electron chi connectivity index (χ1n) is 2.37. The van der Waals surface area contributed by atoms with E-state index in [1.165, 1.54) is 0 Å². The Kier molecular flexibility index (Phi) is 1.36. The second-order valence-electron chi connectivity index (χ2n) is 1.57. The highest BCUT2D eigenvalue weighted by Crippen LogP contribution is 2.45. The van der Waals surface area contributed by atoms with Crippen LogP contribution in [0.4, 0.5) is 0 Å². The van der Waals surface area contributed by atoms with E-state index in [4.69, 9.17) is 0 Å². The standard InChI is InChI=1S/C5H5S3/c1-3-6-8-5(1)2-4-7-8/h1-5H/q+1. The fourth-order valence-corrected chi connectivity index (χ4v) is 6.21. The molecule has 0 amide bonds. The molecular formula is C5H5S3+. The Bertz CT molecular complexity index is 134. The molecule has 2 rings (SSSR count). The maximum absolute atomic E-state index is 2.28. The highest BCUT2D eigenvalue weighted by Gasteiger charge is 2.37. The van der Waals surface area contributed by atoms with E-state index in [1.54, 1.807) is 0 Å². The lowest BCUT2D eigenvalue weighted by Gasteiger charge is -1.88. The molecular weight excluding hydrogens is 156 g/mol. The second kappa shape index (κ2) is 2.05. The summed E-state index contributed by atoms with van der Waals surface area (Å²) >= 11 is 0. The van der Waals surface area contributed by atoms with Gasteiger partial charge in [0.2, 0.25) is 0 Å². The first-order valence-corrected chi connectivity index (χ1v) is 6.45. The highest BCUT2D eigenvalue weighted by molar-refractivity contribution is 9.08. The quantitative estimate of drug-likeness (QED) is 0.395. The van der Waals surface area contributed by atoms with Crippen LogP contribution in [0.5, 0.6) is 0 Å². The van der Waals surface area contributed by atoms with Gasteiger partial charge in [-0.05, 0) is 12.2 Å². The molecule has 0 aromatic rings. The van der Waals surface area contributed by atoms with Crippen LogP contribution in [0.2, 0.25) is 0 Å². The molecule has 0 nitrogen and oxygen atoms in total. The summed E-state index contributed by atoms with van der Waals surface area (Å²) in [6.07, 6.45) is 4.56. The number of hydrogen-bond acceptors (Lipinski definition) is 2. The van der Waals surface area contributed by atoms with Crippen LogP contribution >= 0.6 is 21.6 Å². The van der Waals surface area contributed by atoms with Crippen molar-refractivity contribution in [1.29, 1.82) is 0 Å². The van der Waals surface area contributed by atoms with Gasteiger partial charge in [0.15, 0.2) is 5.25 Å². The van der Waals surface area contributed by atoms with Crippen LogP contribution in [0.25, 0.3) is 0 Å². The van der Waals surface area contributed by atoms with Gasteiger partial charge >= 0.3 is 0 Å². The molecule has 2 aliphatic heterocycles. The van der Waals surface area contributed by atoms with Crippen molar-refractivity contribution in [2.45, 2.75) is 5.25 Å². The van der Waals surface area contributed by atoms with Crippen LogP contribution in [-0.4, -0.2) is 5.25 Å². The lowest BCUT2D eigenvalue weighted by atomic mass is 10.4. The van der Waals surface area contributed by atoms with E-state index in [-0.39, 0.29) is 0 Å². The maximum atomic E-state index is 2.28. The Balaban J connectivity index is 2.22. The van der Waals surface area contributed by atoms with Crippen LogP contribution in [0.15, 0.2) is 23.0 Å². The summed E-state index contributed by atoms with van der Waals surface area (Å²) in [6.45, 7) is 0. The van der Waals surface area contributed by atoms with Gasteiger partial charge in [-0.25, -0.2) is 0 Å². The third-order valence-corrected chi connectivity index (χ3v) is 7.29. The molecule has 2 heterocycles. The van der Waals surface area contributed by atoms with Gasteiger partial charge in [-0.2, -0.15) is 0 Å². The van der Waals surface area contributed by atoms with E-state index < -0.39 is 0 Å². The van der Waals surface area contributed by atoms with Crippen molar-refractivity contribution in [1.82, 2.24) is 0 Å². The Morgan fingerprint density at radius 1 is 1.12 bits per heavy atom. The minimum Gasteiger partial charge on any atom is -0.0152 e. The third-order valence-electron chi connectivity index (χ3n) is 1.06. The summed E-state index contributed by atoms with van der Waals surface area (Å²) in [6, 6.07) is 0. The van der Waals surface area contributed by atoms with E-state index in [0.29, 0.717) is 8.96 Å². The summed E-state index contributed by atoms with van der Waals surface area (Å²) in [7, 11) is 4.46. The summed E-state index contributed by atoms with van der Waals surface area (Å²) in [5.41, 5.74) is 0. The summed E-state index contributed by atoms with van der Waals surface area (Å²) in [5.74, 6) is 0. The molecule has 42 valence electrons. The Morgan fingerprint density at radius 3 is 2.25 bits per heavy atom. The Morgan fingerprint density at radius 2 is 1.75 bits per heavy atom. The van der Waals surface area contributed by atoms with Crippen LogP contribution in [0, 0.1) is 0 Å². The molecule has 0 aliphatic carbocycles. The van der Waals surface area contributed by atoms with Gasteiger partial charge in [0.1, 0.15) is 30.5 Å². The molecule has 0 fully saturated rings. The van der Waals surface area contributed by atoms with Crippen LogP contribution in [0.1, 0.15) is 0 Å². The smallest absolute Gasteiger partial charge is 0.0152 e. The predicted molar refractivity (Wildman–Crippen MR) is 44.6 cm³/mol. The lowest BCUT2D eigenvalue weighted by molar-refractivity contribution is 1.46. The number of fused-ring (bicyclic) bond motifs is 1. The summed E-state index contributed by atoms with van der Waals surface area (Å²) in [4.78, 5) is 0. The number of rotatable bonds is 0. The van der Waals surface area contributed by atoms with Crippen LogP contribution in [0.3, 0.4) is 0 Å². The van der Waals surface area contributed by atoms with E-state index in [9.17, 15) is 0 Å². The molecule has 0 unspecified atom stereocenters. The number of hydrogen-bond donors (Lipinski definition) is 0. The van der Waals surface area contributed by atoms with E-state index in [2.05, 4.69) is 23.0 Å². The largest absolute Gasteiger partial charge is 0.181 e. The summed E-state index contributed by atoms with van der Waals surface area (Å²) in [5, 5.41) is 5.19. The van der Waals surface area contributed by atoms with Crippen molar-refractivity contribution in [3.63, 3.8) is 0 Å². The molecule has 2 aliphatic rings. The van der Waals surface area contributed by atoms with Gasteiger partial charge in [0, 0.05) is 10.8 Å². The van der Waals surface area contributed by atoms with E-state index >= 15 is 0 Å². The molecule has 8 heavy (non-hydrogen) atoms. The second-order valence-corrected chi connectivity index (χ2v) is 7.51. The minimum absolute atomic E-state index is 0.543. The van der Waals surface area contributed by atoms with Gasteiger partial charge in [0.05, 0.1) is 0 Å². The zero-order chi connectivity index (χ0) is 5.40. The molecule has 0 radical (unpaired) electrons. The van der Waals surface area contributed by atoms with Crippen LogP contribution < -0.4 is 0 Å². The predicted octanol–water partition coefficient (Wildman–Crippen LogP) is 2.32. The zero-order valence-corrected chi connectivity index (χ0v) is 6.56. The van der Waals surface area contributed by atoms with Crippen molar-refractivity contribution in [3.8, 4) is 0 Å². The molecule has 0 saturated carbocycles. The zero-order valence-electron chi connectivity index (χ0n) is 4.11. The lowest BCUT2D eigenvalue weighted by Crippen LogP contribution is -1.97. The van der Waals surface area contributed by atoms with Gasteiger partial charge in [-0.15, -0.1) is 0 Å². The maximum Gasteiger partial charge on any atom is 0.181 e. The SMILES string of the molecule is C1=CC2C=CS[S+]2S1. The van der Waals surface area contributed by atoms with Gasteiger partial charge in [-0.3, -0.25) is 0 Å². The first-order chi connectivity index (χ1) is 3.97. The normalized spacial score (nSPS) is 41.0. The molecule has 0 aromatic carbocycles. The fraction of sp³-hybridized carbons (Fsp3) is 0.200. The highest BCUT2D eigenvalue weighted by atomic mass is 33.5. The van der Waals surface area contributed by atoms with E-state index in [0.717, 1.165) is 5.25 Å². The van der Waals surface area contributed by atoms with Gasteiger partial charge < -0.3 is 0 Å². The molecule has 0 saturated heterocycles.